The summed E-state index contributed by atoms with van der Waals surface area (Å²) in [6, 6.07) is 10.7. The average molecular weight is 268 g/mol. The lowest BCUT2D eigenvalue weighted by atomic mass is 9.92. The number of carbonyl (C=O) groups is 3. The minimum absolute atomic E-state index is 0.414. The van der Waals surface area contributed by atoms with Crippen LogP contribution in [0.2, 0.25) is 0 Å². The van der Waals surface area contributed by atoms with E-state index in [0.717, 1.165) is 16.3 Å². The van der Waals surface area contributed by atoms with Crippen molar-refractivity contribution in [3.63, 3.8) is 0 Å². The van der Waals surface area contributed by atoms with Crippen molar-refractivity contribution in [2.75, 3.05) is 0 Å². The van der Waals surface area contributed by atoms with E-state index in [4.69, 9.17) is 4.79 Å². The fraction of sp³-hybridized carbons (Fsp3) is 0. The Kier molecular flexibility index (Phi) is 3.61. The summed E-state index contributed by atoms with van der Waals surface area (Å²) in [6.07, 6.45) is 3.03. The van der Waals surface area contributed by atoms with E-state index in [1.165, 1.54) is 6.08 Å². The second-order valence-electron chi connectivity index (χ2n) is 4.22. The Bertz CT molecular complexity index is 744. The molecule has 4 N–H and O–H groups in total. The van der Waals surface area contributed by atoms with Crippen LogP contribution in [0.3, 0.4) is 0 Å². The molecular formula is C15H12N2O3. The highest BCUT2D eigenvalue weighted by Gasteiger charge is 2.20. The fourth-order valence-corrected chi connectivity index (χ4v) is 1.97. The van der Waals surface area contributed by atoms with E-state index >= 15 is 0 Å². The molecule has 0 aromatic heterocycles. The Morgan fingerprint density at radius 1 is 0.900 bits per heavy atom. The number of hydrogen-bond acceptors (Lipinski definition) is 3. The number of benzene rings is 2. The topological polar surface area (TPSA) is 103 Å². The van der Waals surface area contributed by atoms with Crippen molar-refractivity contribution in [2.24, 2.45) is 11.5 Å². The summed E-state index contributed by atoms with van der Waals surface area (Å²) < 4.78 is 0. The Hall–Kier alpha value is -2.95. The first-order chi connectivity index (χ1) is 9.49. The summed E-state index contributed by atoms with van der Waals surface area (Å²) in [4.78, 5) is 31.9. The van der Waals surface area contributed by atoms with Crippen LogP contribution in [0.5, 0.6) is 0 Å². The average Bonchev–Trinajstić information content (AvgIpc) is 2.41. The lowest BCUT2D eigenvalue weighted by Gasteiger charge is -2.09. The van der Waals surface area contributed by atoms with Gasteiger partial charge in [0.15, 0.2) is 0 Å². The van der Waals surface area contributed by atoms with Crippen LogP contribution in [-0.4, -0.2) is 17.6 Å². The fourth-order valence-electron chi connectivity index (χ4n) is 1.97. The number of nitrogens with two attached hydrogens (primary N) is 2. The molecule has 0 fully saturated rings. The second-order valence-corrected chi connectivity index (χ2v) is 4.22. The van der Waals surface area contributed by atoms with Crippen LogP contribution >= 0.6 is 0 Å². The van der Waals surface area contributed by atoms with Gasteiger partial charge in [-0.15, -0.1) is 0 Å². The maximum absolute atomic E-state index is 11.7. The van der Waals surface area contributed by atoms with Gasteiger partial charge < -0.3 is 11.5 Å². The molecule has 0 radical (unpaired) electrons. The minimum atomic E-state index is -0.833. The quantitative estimate of drug-likeness (QED) is 0.710. The first kappa shape index (κ1) is 13.5. The number of primary amides is 2. The zero-order valence-electron chi connectivity index (χ0n) is 10.5. The van der Waals surface area contributed by atoms with Crippen LogP contribution in [-0.2, 0) is 4.79 Å². The third kappa shape index (κ3) is 2.72. The van der Waals surface area contributed by atoms with Gasteiger partial charge in [-0.05, 0) is 34.5 Å². The normalized spacial score (nSPS) is 12.6. The Morgan fingerprint density at radius 2 is 1.45 bits per heavy atom. The molecule has 0 saturated heterocycles. The predicted molar refractivity (Wildman–Crippen MR) is 76.1 cm³/mol. The molecule has 20 heavy (non-hydrogen) atoms. The molecule has 1 aliphatic rings. The summed E-state index contributed by atoms with van der Waals surface area (Å²) >= 11 is 0. The van der Waals surface area contributed by atoms with Crippen molar-refractivity contribution in [3.05, 3.63) is 53.6 Å². The summed E-state index contributed by atoms with van der Waals surface area (Å²) in [7, 11) is 0. The SMILES string of the molecule is NC(N)=O.O=C1C=Cc2cc3ccccc3cc2C1=O. The van der Waals surface area contributed by atoms with Gasteiger partial charge in [0.25, 0.3) is 0 Å². The smallest absolute Gasteiger partial charge is 0.309 e. The molecule has 0 bridgehead atoms. The van der Waals surface area contributed by atoms with Gasteiger partial charge in [-0.2, -0.15) is 0 Å². The zero-order chi connectivity index (χ0) is 14.7. The van der Waals surface area contributed by atoms with Crippen LogP contribution in [0.4, 0.5) is 4.79 Å². The highest BCUT2D eigenvalue weighted by molar-refractivity contribution is 6.50. The lowest BCUT2D eigenvalue weighted by molar-refractivity contribution is -0.110. The number of hydrogen-bond donors (Lipinski definition) is 2. The Labute approximate surface area is 114 Å². The number of fused-ring (bicyclic) bond motifs is 2. The van der Waals surface area contributed by atoms with E-state index in [2.05, 4.69) is 11.5 Å². The van der Waals surface area contributed by atoms with Crippen molar-refractivity contribution < 1.29 is 14.4 Å². The molecule has 0 atom stereocenters. The number of urea groups is 1. The van der Waals surface area contributed by atoms with Gasteiger partial charge in [-0.1, -0.05) is 30.3 Å². The van der Waals surface area contributed by atoms with Gasteiger partial charge >= 0.3 is 6.03 Å². The van der Waals surface area contributed by atoms with Crippen LogP contribution in [0, 0.1) is 0 Å². The summed E-state index contributed by atoms with van der Waals surface area (Å²) in [5.74, 6) is -0.856. The van der Waals surface area contributed by atoms with E-state index in [9.17, 15) is 9.59 Å². The van der Waals surface area contributed by atoms with Gasteiger partial charge in [0, 0.05) is 5.56 Å². The summed E-state index contributed by atoms with van der Waals surface area (Å²) in [6.45, 7) is 0. The van der Waals surface area contributed by atoms with E-state index in [1.807, 2.05) is 30.3 Å². The second kappa shape index (κ2) is 5.36. The molecule has 2 amide bonds. The molecule has 0 saturated carbocycles. The lowest BCUT2D eigenvalue weighted by Crippen LogP contribution is -2.18. The van der Waals surface area contributed by atoms with E-state index in [1.54, 1.807) is 12.1 Å². The number of allylic oxidation sites excluding steroid dienone is 1. The molecule has 3 rings (SSSR count). The molecular weight excluding hydrogens is 256 g/mol. The summed E-state index contributed by atoms with van der Waals surface area (Å²) in [5.41, 5.74) is 9.83. The molecule has 0 aliphatic heterocycles. The monoisotopic (exact) mass is 268 g/mol. The molecule has 0 heterocycles. The van der Waals surface area contributed by atoms with Crippen molar-refractivity contribution in [3.8, 4) is 0 Å². The highest BCUT2D eigenvalue weighted by atomic mass is 16.2. The largest absolute Gasteiger partial charge is 0.352 e. The van der Waals surface area contributed by atoms with Crippen LogP contribution in [0.25, 0.3) is 16.8 Å². The predicted octanol–water partition coefficient (Wildman–Crippen LogP) is 1.64. The Balaban J connectivity index is 0.000000328. The molecule has 0 unspecified atom stereocenters. The van der Waals surface area contributed by atoms with Crippen molar-refractivity contribution in [2.45, 2.75) is 0 Å². The maximum Gasteiger partial charge on any atom is 0.309 e. The van der Waals surface area contributed by atoms with Crippen LogP contribution < -0.4 is 11.5 Å². The first-order valence-corrected chi connectivity index (χ1v) is 5.83. The van der Waals surface area contributed by atoms with Gasteiger partial charge in [0.2, 0.25) is 11.6 Å². The number of ketones is 2. The molecule has 1 aliphatic carbocycles. The van der Waals surface area contributed by atoms with E-state index in [-0.39, 0.29) is 0 Å². The van der Waals surface area contributed by atoms with E-state index < -0.39 is 17.6 Å². The molecule has 5 nitrogen and oxygen atoms in total. The first-order valence-electron chi connectivity index (χ1n) is 5.83. The van der Waals surface area contributed by atoms with Gasteiger partial charge in [0.05, 0.1) is 0 Å². The molecule has 5 heteroatoms. The van der Waals surface area contributed by atoms with Gasteiger partial charge in [0.1, 0.15) is 0 Å². The standard InChI is InChI=1S/C14H8O2.CH4N2O/c15-13-6-5-11-7-9-3-1-2-4-10(9)8-12(11)14(13)16;2-1(3)4/h1-8H;(H4,2,3,4). The molecule has 2 aromatic rings. The molecule has 0 spiro atoms. The number of carbonyl (C=O) groups excluding carboxylic acids is 3. The van der Waals surface area contributed by atoms with Crippen LogP contribution in [0.1, 0.15) is 15.9 Å². The maximum atomic E-state index is 11.7. The number of Topliss-reactive ketones (excluding diaryl/α,β-unsaturated/α-hetero) is 1. The van der Waals surface area contributed by atoms with Gasteiger partial charge in [-0.3, -0.25) is 9.59 Å². The van der Waals surface area contributed by atoms with Gasteiger partial charge in [-0.25, -0.2) is 4.79 Å². The Morgan fingerprint density at radius 3 is 2.05 bits per heavy atom. The third-order valence-electron chi connectivity index (χ3n) is 2.80. The zero-order valence-corrected chi connectivity index (χ0v) is 10.5. The van der Waals surface area contributed by atoms with Crippen molar-refractivity contribution >= 4 is 34.4 Å². The highest BCUT2D eigenvalue weighted by Crippen LogP contribution is 2.24. The molecule has 2 aromatic carbocycles. The van der Waals surface area contributed by atoms with Crippen molar-refractivity contribution in [1.82, 2.24) is 0 Å². The number of amides is 2. The van der Waals surface area contributed by atoms with Crippen molar-refractivity contribution in [1.29, 1.82) is 0 Å². The number of rotatable bonds is 0. The summed E-state index contributed by atoms with van der Waals surface area (Å²) in [5, 5.41) is 2.06. The molecule has 100 valence electrons. The van der Waals surface area contributed by atoms with E-state index in [0.29, 0.717) is 5.56 Å². The van der Waals surface area contributed by atoms with Crippen LogP contribution in [0.15, 0.2) is 42.5 Å². The third-order valence-corrected chi connectivity index (χ3v) is 2.80. The minimum Gasteiger partial charge on any atom is -0.352 e.